The zero-order valence-electron chi connectivity index (χ0n) is 14.9. The summed E-state index contributed by atoms with van der Waals surface area (Å²) in [6, 6.07) is -4.19. The molecule has 0 aliphatic carbocycles. The summed E-state index contributed by atoms with van der Waals surface area (Å²) in [4.78, 5) is 70.9. The van der Waals surface area contributed by atoms with Crippen LogP contribution in [0.25, 0.3) is 0 Å². The van der Waals surface area contributed by atoms with E-state index in [0.717, 1.165) is 0 Å². The van der Waals surface area contributed by atoms with E-state index < -0.39 is 66.5 Å². The summed E-state index contributed by atoms with van der Waals surface area (Å²) in [5.41, 5.74) is 10.4. The molecule has 28 heavy (non-hydrogen) atoms. The van der Waals surface area contributed by atoms with Crippen molar-refractivity contribution < 1.29 is 39.0 Å². The van der Waals surface area contributed by atoms with Crippen LogP contribution in [0.1, 0.15) is 25.7 Å². The number of primary amides is 1. The second-order valence-electron chi connectivity index (χ2n) is 6.18. The predicted octanol–water partition coefficient (Wildman–Crippen LogP) is -3.66. The Balaban J connectivity index is 2.89. The molecule has 0 bridgehead atoms. The number of amides is 4. The first-order chi connectivity index (χ1) is 13.1. The van der Waals surface area contributed by atoms with Gasteiger partial charge >= 0.3 is 11.9 Å². The topological polar surface area (TPSA) is 222 Å². The molecular formula is C15H23N5O8. The minimum Gasteiger partial charge on any atom is -0.481 e. The van der Waals surface area contributed by atoms with Crippen molar-refractivity contribution in [3.05, 3.63) is 0 Å². The molecular weight excluding hydrogens is 378 g/mol. The molecule has 0 aromatic rings. The van der Waals surface area contributed by atoms with E-state index in [-0.39, 0.29) is 6.54 Å². The van der Waals surface area contributed by atoms with Crippen LogP contribution >= 0.6 is 0 Å². The van der Waals surface area contributed by atoms with Crippen molar-refractivity contribution in [2.45, 2.75) is 43.8 Å². The Morgan fingerprint density at radius 1 is 1.04 bits per heavy atom. The average molecular weight is 401 g/mol. The number of carbonyl (C=O) groups is 6. The molecule has 1 rings (SSSR count). The van der Waals surface area contributed by atoms with Gasteiger partial charge in [0.25, 0.3) is 0 Å². The van der Waals surface area contributed by atoms with Gasteiger partial charge in [-0.05, 0) is 12.8 Å². The monoisotopic (exact) mass is 401 g/mol. The van der Waals surface area contributed by atoms with Crippen molar-refractivity contribution in [2.24, 2.45) is 11.5 Å². The zero-order chi connectivity index (χ0) is 21.4. The van der Waals surface area contributed by atoms with E-state index in [1.54, 1.807) is 0 Å². The van der Waals surface area contributed by atoms with Gasteiger partial charge in [0.2, 0.25) is 23.6 Å². The molecule has 1 heterocycles. The first-order valence-electron chi connectivity index (χ1n) is 8.40. The lowest BCUT2D eigenvalue weighted by Crippen LogP contribution is -2.56. The highest BCUT2D eigenvalue weighted by Gasteiger charge is 2.36. The number of rotatable bonds is 10. The minimum absolute atomic E-state index is 0.301. The van der Waals surface area contributed by atoms with Gasteiger partial charge < -0.3 is 37.2 Å². The number of nitrogens with zero attached hydrogens (tertiary/aromatic N) is 1. The molecule has 156 valence electrons. The molecule has 0 spiro atoms. The highest BCUT2D eigenvalue weighted by atomic mass is 16.4. The van der Waals surface area contributed by atoms with Crippen LogP contribution in [-0.2, 0) is 28.8 Å². The lowest BCUT2D eigenvalue weighted by Gasteiger charge is -2.26. The number of carboxylic acids is 2. The number of likely N-dealkylation sites (tertiary alicyclic amines) is 1. The minimum atomic E-state index is -1.76. The summed E-state index contributed by atoms with van der Waals surface area (Å²) in [6.07, 6.45) is -0.691. The first kappa shape index (κ1) is 22.8. The van der Waals surface area contributed by atoms with E-state index in [4.69, 9.17) is 21.7 Å². The fraction of sp³-hybridized carbons (Fsp3) is 0.600. The highest BCUT2D eigenvalue weighted by molar-refractivity contribution is 5.96. The second kappa shape index (κ2) is 10.2. The number of nitrogens with one attached hydrogen (secondary N) is 2. The molecule has 1 aliphatic heterocycles. The van der Waals surface area contributed by atoms with Gasteiger partial charge in [-0.1, -0.05) is 0 Å². The van der Waals surface area contributed by atoms with Crippen LogP contribution in [-0.4, -0.2) is 81.9 Å². The van der Waals surface area contributed by atoms with Crippen LogP contribution in [0.2, 0.25) is 0 Å². The molecule has 1 fully saturated rings. The SMILES string of the molecule is NCC(=O)N1CCCC1C(=O)NC(CC(N)=O)C(=O)NC(CC(=O)O)C(=O)O. The molecule has 13 nitrogen and oxygen atoms in total. The van der Waals surface area contributed by atoms with E-state index in [2.05, 4.69) is 5.32 Å². The number of carboxylic acid groups (broad SMARTS) is 2. The van der Waals surface area contributed by atoms with Crippen LogP contribution in [0.5, 0.6) is 0 Å². The molecule has 0 saturated carbocycles. The molecule has 0 radical (unpaired) electrons. The van der Waals surface area contributed by atoms with Crippen LogP contribution in [0.15, 0.2) is 0 Å². The third kappa shape index (κ3) is 6.50. The van der Waals surface area contributed by atoms with Crippen molar-refractivity contribution >= 4 is 35.6 Å². The Hall–Kier alpha value is -3.22. The van der Waals surface area contributed by atoms with Gasteiger partial charge in [-0.2, -0.15) is 0 Å². The van der Waals surface area contributed by atoms with Crippen molar-refractivity contribution in [3.63, 3.8) is 0 Å². The van der Waals surface area contributed by atoms with Gasteiger partial charge in [-0.3, -0.25) is 24.0 Å². The quantitative estimate of drug-likeness (QED) is 0.212. The van der Waals surface area contributed by atoms with Crippen LogP contribution in [0.4, 0.5) is 0 Å². The molecule has 4 amide bonds. The Labute approximate surface area is 159 Å². The average Bonchev–Trinajstić information content (AvgIpc) is 3.08. The fourth-order valence-electron chi connectivity index (χ4n) is 2.78. The number of nitrogens with two attached hydrogens (primary N) is 2. The number of aliphatic carboxylic acids is 2. The zero-order valence-corrected chi connectivity index (χ0v) is 14.9. The third-order valence-electron chi connectivity index (χ3n) is 4.08. The van der Waals surface area contributed by atoms with Gasteiger partial charge in [-0.15, -0.1) is 0 Å². The van der Waals surface area contributed by atoms with E-state index in [0.29, 0.717) is 19.4 Å². The maximum absolute atomic E-state index is 12.5. The van der Waals surface area contributed by atoms with Crippen molar-refractivity contribution in [1.82, 2.24) is 15.5 Å². The van der Waals surface area contributed by atoms with Gasteiger partial charge in [0.05, 0.1) is 19.4 Å². The van der Waals surface area contributed by atoms with E-state index in [1.165, 1.54) is 4.90 Å². The first-order valence-corrected chi connectivity index (χ1v) is 8.40. The Kier molecular flexibility index (Phi) is 8.31. The molecule has 8 N–H and O–H groups in total. The molecule has 1 saturated heterocycles. The largest absolute Gasteiger partial charge is 0.481 e. The van der Waals surface area contributed by atoms with E-state index in [9.17, 15) is 28.8 Å². The summed E-state index contributed by atoms with van der Waals surface area (Å²) >= 11 is 0. The third-order valence-corrected chi connectivity index (χ3v) is 4.08. The summed E-state index contributed by atoms with van der Waals surface area (Å²) in [5, 5.41) is 21.9. The Bertz CT molecular complexity index is 667. The summed E-state index contributed by atoms with van der Waals surface area (Å²) < 4.78 is 0. The van der Waals surface area contributed by atoms with Gasteiger partial charge in [0.15, 0.2) is 0 Å². The molecule has 1 aliphatic rings. The standard InChI is InChI=1S/C15H23N5O8/c16-6-11(22)20-3-1-2-9(20)14(26)18-7(4-10(17)21)13(25)19-8(15(27)28)5-12(23)24/h7-9H,1-6,16H2,(H2,17,21)(H,18,26)(H,19,25)(H,23,24)(H,27,28). The predicted molar refractivity (Wildman–Crippen MR) is 91.4 cm³/mol. The van der Waals surface area contributed by atoms with Gasteiger partial charge in [0.1, 0.15) is 18.1 Å². The molecule has 3 unspecified atom stereocenters. The fourth-order valence-corrected chi connectivity index (χ4v) is 2.78. The highest BCUT2D eigenvalue weighted by Crippen LogP contribution is 2.17. The molecule has 13 heteroatoms. The Morgan fingerprint density at radius 3 is 2.18 bits per heavy atom. The molecule has 3 atom stereocenters. The molecule has 0 aromatic carbocycles. The second-order valence-corrected chi connectivity index (χ2v) is 6.18. The lowest BCUT2D eigenvalue weighted by molar-refractivity contribution is -0.147. The van der Waals surface area contributed by atoms with Gasteiger partial charge in [-0.25, -0.2) is 4.79 Å². The van der Waals surface area contributed by atoms with Crippen LogP contribution in [0, 0.1) is 0 Å². The van der Waals surface area contributed by atoms with Crippen LogP contribution in [0.3, 0.4) is 0 Å². The number of hydrogen-bond acceptors (Lipinski definition) is 7. The number of carbonyl (C=O) groups excluding carboxylic acids is 4. The smallest absolute Gasteiger partial charge is 0.326 e. The van der Waals surface area contributed by atoms with Crippen molar-refractivity contribution in [3.8, 4) is 0 Å². The van der Waals surface area contributed by atoms with Crippen LogP contribution < -0.4 is 22.1 Å². The maximum atomic E-state index is 12.5. The molecule has 0 aromatic heterocycles. The van der Waals surface area contributed by atoms with Gasteiger partial charge in [0, 0.05) is 6.54 Å². The summed E-state index contributed by atoms with van der Waals surface area (Å²) in [6.45, 7) is 0.00492. The lowest BCUT2D eigenvalue weighted by atomic mass is 10.1. The van der Waals surface area contributed by atoms with Crippen molar-refractivity contribution in [2.75, 3.05) is 13.1 Å². The normalized spacial score (nSPS) is 18.0. The van der Waals surface area contributed by atoms with E-state index in [1.807, 2.05) is 5.32 Å². The van der Waals surface area contributed by atoms with Crippen molar-refractivity contribution in [1.29, 1.82) is 0 Å². The van der Waals surface area contributed by atoms with E-state index >= 15 is 0 Å². The Morgan fingerprint density at radius 2 is 1.68 bits per heavy atom. The number of hydrogen-bond donors (Lipinski definition) is 6. The maximum Gasteiger partial charge on any atom is 0.326 e. The summed E-state index contributed by atoms with van der Waals surface area (Å²) in [5.74, 6) is -6.30. The summed E-state index contributed by atoms with van der Waals surface area (Å²) in [7, 11) is 0.